The molecule has 0 saturated heterocycles. The molecule has 1 aromatic rings. The van der Waals surface area contributed by atoms with E-state index in [0.717, 1.165) is 23.5 Å². The Balaban J connectivity index is 1.68. The number of carboxylic acid groups (broad SMARTS) is 1. The van der Waals surface area contributed by atoms with Crippen molar-refractivity contribution in [1.82, 2.24) is 15.6 Å². The number of carbonyl (C=O) groups is 2. The number of carbonyl (C=O) groups excluding carboxylic acids is 1. The zero-order valence-corrected chi connectivity index (χ0v) is 12.9. The molecule has 21 heavy (non-hydrogen) atoms. The van der Waals surface area contributed by atoms with Crippen molar-refractivity contribution in [3.8, 4) is 0 Å². The van der Waals surface area contributed by atoms with Crippen LogP contribution >= 0.6 is 11.3 Å². The number of carboxylic acids is 1. The van der Waals surface area contributed by atoms with Gasteiger partial charge in [0.25, 0.3) is 0 Å². The van der Waals surface area contributed by atoms with Gasteiger partial charge in [0.2, 0.25) is 0 Å². The minimum absolute atomic E-state index is 0.0399. The molecule has 2 rings (SSSR count). The molecule has 116 valence electrons. The molecule has 2 unspecified atom stereocenters. The Labute approximate surface area is 128 Å². The van der Waals surface area contributed by atoms with E-state index in [9.17, 15) is 9.59 Å². The molecule has 2 amide bonds. The van der Waals surface area contributed by atoms with E-state index in [1.165, 1.54) is 0 Å². The average Bonchev–Trinajstić information content (AvgIpc) is 2.84. The number of amides is 2. The van der Waals surface area contributed by atoms with E-state index in [-0.39, 0.29) is 18.0 Å². The first-order valence-corrected chi connectivity index (χ1v) is 8.10. The molecule has 7 heteroatoms. The van der Waals surface area contributed by atoms with Crippen LogP contribution in [0.25, 0.3) is 0 Å². The molecule has 1 aliphatic carbocycles. The molecule has 3 N–H and O–H groups in total. The standard InChI is InChI=1S/C14H21N3O3S/c1-9-8-21-12(16-9)5-6-15-14(20)17-11-4-2-3-10(7-11)13(18)19/h8,10-11H,2-7H2,1H3,(H,18,19)(H2,15,17,20). The van der Waals surface area contributed by atoms with Gasteiger partial charge in [-0.15, -0.1) is 11.3 Å². The molecule has 6 nitrogen and oxygen atoms in total. The van der Waals surface area contributed by atoms with E-state index in [1.807, 2.05) is 12.3 Å². The number of hydrogen-bond donors (Lipinski definition) is 3. The third-order valence-corrected chi connectivity index (χ3v) is 4.68. The van der Waals surface area contributed by atoms with E-state index in [0.29, 0.717) is 25.8 Å². The maximum absolute atomic E-state index is 11.8. The molecule has 1 aromatic heterocycles. The Kier molecular flexibility index (Phi) is 5.55. The molecule has 0 spiro atoms. The topological polar surface area (TPSA) is 91.3 Å². The number of aliphatic carboxylic acids is 1. The number of nitrogens with one attached hydrogen (secondary N) is 2. The highest BCUT2D eigenvalue weighted by molar-refractivity contribution is 7.09. The van der Waals surface area contributed by atoms with Crippen molar-refractivity contribution in [1.29, 1.82) is 0 Å². The molecule has 1 saturated carbocycles. The summed E-state index contributed by atoms with van der Waals surface area (Å²) in [6.45, 7) is 2.48. The van der Waals surface area contributed by atoms with Crippen LogP contribution in [0.4, 0.5) is 4.79 Å². The summed E-state index contributed by atoms with van der Waals surface area (Å²) < 4.78 is 0. The Hall–Kier alpha value is -1.63. The van der Waals surface area contributed by atoms with Crippen molar-refractivity contribution in [2.45, 2.75) is 45.1 Å². The average molecular weight is 311 g/mol. The van der Waals surface area contributed by atoms with Gasteiger partial charge in [0, 0.05) is 30.1 Å². The SMILES string of the molecule is Cc1csc(CCNC(=O)NC2CCCC(C(=O)O)C2)n1. The van der Waals surface area contributed by atoms with Crippen LogP contribution in [0.3, 0.4) is 0 Å². The summed E-state index contributed by atoms with van der Waals surface area (Å²) >= 11 is 1.59. The zero-order valence-electron chi connectivity index (χ0n) is 12.1. The van der Waals surface area contributed by atoms with Crippen molar-refractivity contribution < 1.29 is 14.7 Å². The summed E-state index contributed by atoms with van der Waals surface area (Å²) in [5.41, 5.74) is 1.00. The first-order chi connectivity index (χ1) is 10.0. The lowest BCUT2D eigenvalue weighted by Crippen LogP contribution is -2.45. The Morgan fingerprint density at radius 1 is 1.48 bits per heavy atom. The molecular weight excluding hydrogens is 290 g/mol. The van der Waals surface area contributed by atoms with Crippen LogP contribution in [0.5, 0.6) is 0 Å². The molecule has 1 aliphatic rings. The zero-order chi connectivity index (χ0) is 15.2. The second-order valence-electron chi connectivity index (χ2n) is 5.43. The minimum atomic E-state index is -0.763. The summed E-state index contributed by atoms with van der Waals surface area (Å²) in [6.07, 6.45) is 3.64. The van der Waals surface area contributed by atoms with Crippen LogP contribution in [0, 0.1) is 12.8 Å². The van der Waals surface area contributed by atoms with Crippen LogP contribution in [-0.4, -0.2) is 34.7 Å². The van der Waals surface area contributed by atoms with Crippen molar-refractivity contribution in [3.05, 3.63) is 16.1 Å². The van der Waals surface area contributed by atoms with E-state index >= 15 is 0 Å². The predicted molar refractivity (Wildman–Crippen MR) is 80.5 cm³/mol. The van der Waals surface area contributed by atoms with Gasteiger partial charge in [-0.25, -0.2) is 9.78 Å². The van der Waals surface area contributed by atoms with E-state index < -0.39 is 5.97 Å². The number of thiazole rings is 1. The van der Waals surface area contributed by atoms with Crippen LogP contribution in [0.15, 0.2) is 5.38 Å². The normalized spacial score (nSPS) is 21.8. The lowest BCUT2D eigenvalue weighted by molar-refractivity contribution is -0.143. The minimum Gasteiger partial charge on any atom is -0.481 e. The van der Waals surface area contributed by atoms with Gasteiger partial charge >= 0.3 is 12.0 Å². The molecular formula is C14H21N3O3S. The van der Waals surface area contributed by atoms with Crippen LogP contribution in [-0.2, 0) is 11.2 Å². The van der Waals surface area contributed by atoms with Gasteiger partial charge in [0.15, 0.2) is 0 Å². The number of nitrogens with zero attached hydrogens (tertiary/aromatic N) is 1. The van der Waals surface area contributed by atoms with E-state index in [4.69, 9.17) is 5.11 Å². The molecule has 0 radical (unpaired) electrons. The fourth-order valence-electron chi connectivity index (χ4n) is 2.58. The van der Waals surface area contributed by atoms with Gasteiger partial charge < -0.3 is 15.7 Å². The first-order valence-electron chi connectivity index (χ1n) is 7.23. The Morgan fingerprint density at radius 2 is 2.29 bits per heavy atom. The Morgan fingerprint density at radius 3 is 2.95 bits per heavy atom. The highest BCUT2D eigenvalue weighted by atomic mass is 32.1. The van der Waals surface area contributed by atoms with Gasteiger partial charge in [-0.3, -0.25) is 4.79 Å². The van der Waals surface area contributed by atoms with Crippen LogP contribution < -0.4 is 10.6 Å². The maximum Gasteiger partial charge on any atom is 0.315 e. The fraction of sp³-hybridized carbons (Fsp3) is 0.643. The second kappa shape index (κ2) is 7.40. The maximum atomic E-state index is 11.8. The van der Waals surface area contributed by atoms with E-state index in [2.05, 4.69) is 15.6 Å². The highest BCUT2D eigenvalue weighted by Gasteiger charge is 2.27. The molecule has 0 aliphatic heterocycles. The smallest absolute Gasteiger partial charge is 0.315 e. The molecule has 0 aromatic carbocycles. The number of aromatic nitrogens is 1. The van der Waals surface area contributed by atoms with Gasteiger partial charge in [0.05, 0.1) is 10.9 Å². The quantitative estimate of drug-likeness (QED) is 0.775. The highest BCUT2D eigenvalue weighted by Crippen LogP contribution is 2.24. The predicted octanol–water partition coefficient (Wildman–Crippen LogP) is 1.94. The molecule has 1 heterocycles. The monoisotopic (exact) mass is 311 g/mol. The van der Waals surface area contributed by atoms with Crippen molar-refractivity contribution >= 4 is 23.3 Å². The number of hydrogen-bond acceptors (Lipinski definition) is 4. The Bertz CT molecular complexity index is 503. The van der Waals surface area contributed by atoms with Gasteiger partial charge in [-0.1, -0.05) is 6.42 Å². The molecule has 0 bridgehead atoms. The van der Waals surface area contributed by atoms with Crippen molar-refractivity contribution in [3.63, 3.8) is 0 Å². The third-order valence-electron chi connectivity index (χ3n) is 3.65. The van der Waals surface area contributed by atoms with Crippen molar-refractivity contribution in [2.24, 2.45) is 5.92 Å². The van der Waals surface area contributed by atoms with Gasteiger partial charge in [-0.05, 0) is 26.2 Å². The summed E-state index contributed by atoms with van der Waals surface area (Å²) in [7, 11) is 0. The van der Waals surface area contributed by atoms with Gasteiger partial charge in [-0.2, -0.15) is 0 Å². The van der Waals surface area contributed by atoms with Crippen LogP contribution in [0.1, 0.15) is 36.4 Å². The summed E-state index contributed by atoms with van der Waals surface area (Å²) in [6, 6.07) is -0.263. The van der Waals surface area contributed by atoms with E-state index in [1.54, 1.807) is 11.3 Å². The van der Waals surface area contributed by atoms with Crippen LogP contribution in [0.2, 0.25) is 0 Å². The molecule has 1 fully saturated rings. The summed E-state index contributed by atoms with van der Waals surface area (Å²) in [4.78, 5) is 27.1. The lowest BCUT2D eigenvalue weighted by atomic mass is 9.86. The number of aryl methyl sites for hydroxylation is 1. The largest absolute Gasteiger partial charge is 0.481 e. The summed E-state index contributed by atoms with van der Waals surface area (Å²) in [5.74, 6) is -1.09. The number of rotatable bonds is 5. The number of urea groups is 1. The van der Waals surface area contributed by atoms with Crippen molar-refractivity contribution in [2.75, 3.05) is 6.54 Å². The fourth-order valence-corrected chi connectivity index (χ4v) is 3.36. The second-order valence-corrected chi connectivity index (χ2v) is 6.37. The summed E-state index contributed by atoms with van der Waals surface area (Å²) in [5, 5.41) is 17.7. The lowest BCUT2D eigenvalue weighted by Gasteiger charge is -2.27. The first kappa shape index (κ1) is 15.8. The van der Waals surface area contributed by atoms with Gasteiger partial charge in [0.1, 0.15) is 0 Å². The molecule has 2 atom stereocenters. The third kappa shape index (κ3) is 5.00.